The molecule has 0 atom stereocenters. The van der Waals surface area contributed by atoms with Gasteiger partial charge < -0.3 is 10.6 Å². The fraction of sp³-hybridized carbons (Fsp3) is 0.875. The van der Waals surface area contributed by atoms with Gasteiger partial charge in [0.1, 0.15) is 0 Å². The molecule has 11 heavy (non-hydrogen) atoms. The molecule has 0 amide bonds. The molecule has 0 aliphatic carbocycles. The number of aliphatic imine (C=N–C) groups is 1. The maximum Gasteiger partial charge on any atom is 0.0934 e. The third kappa shape index (κ3) is 5.85. The van der Waals surface area contributed by atoms with E-state index in [4.69, 9.17) is 5.73 Å². The van der Waals surface area contributed by atoms with Crippen LogP contribution >= 0.6 is 0 Å². The Morgan fingerprint density at radius 2 is 2.09 bits per heavy atom. The normalized spacial score (nSPS) is 12.5. The molecule has 0 aromatic heterocycles. The summed E-state index contributed by atoms with van der Waals surface area (Å²) < 4.78 is 0. The monoisotopic (exact) mass is 157 g/mol. The van der Waals surface area contributed by atoms with Crippen LogP contribution in [0.1, 0.15) is 20.3 Å². The van der Waals surface area contributed by atoms with E-state index in [1.165, 1.54) is 0 Å². The number of nitrogens with two attached hydrogens (primary N) is 1. The minimum atomic E-state index is 0.759. The van der Waals surface area contributed by atoms with Crippen molar-refractivity contribution in [3.8, 4) is 0 Å². The van der Waals surface area contributed by atoms with E-state index in [0.29, 0.717) is 0 Å². The number of rotatable bonds is 5. The molecule has 0 spiro atoms. The van der Waals surface area contributed by atoms with Crippen LogP contribution in [0.3, 0.4) is 0 Å². The van der Waals surface area contributed by atoms with Gasteiger partial charge in [-0.05, 0) is 13.6 Å². The van der Waals surface area contributed by atoms with Gasteiger partial charge in [0.05, 0.1) is 12.4 Å². The molecule has 0 aliphatic heterocycles. The van der Waals surface area contributed by atoms with E-state index < -0.39 is 0 Å². The molecule has 0 saturated carbocycles. The zero-order valence-electron chi connectivity index (χ0n) is 7.80. The molecule has 0 saturated heterocycles. The van der Waals surface area contributed by atoms with Gasteiger partial charge >= 0.3 is 0 Å². The highest BCUT2D eigenvalue weighted by Crippen LogP contribution is 1.83. The first-order valence-corrected chi connectivity index (χ1v) is 4.18. The summed E-state index contributed by atoms with van der Waals surface area (Å²) in [4.78, 5) is 6.40. The van der Waals surface area contributed by atoms with Gasteiger partial charge in [-0.2, -0.15) is 0 Å². The van der Waals surface area contributed by atoms with Crippen LogP contribution in [0.25, 0.3) is 0 Å². The van der Waals surface area contributed by atoms with Crippen molar-refractivity contribution in [2.24, 2.45) is 10.7 Å². The Balaban J connectivity index is 3.39. The fourth-order valence-electron chi connectivity index (χ4n) is 0.634. The van der Waals surface area contributed by atoms with Crippen LogP contribution in [-0.2, 0) is 0 Å². The van der Waals surface area contributed by atoms with Gasteiger partial charge in [0.2, 0.25) is 0 Å². The van der Waals surface area contributed by atoms with E-state index in [2.05, 4.69) is 23.9 Å². The molecule has 0 aromatic rings. The second-order valence-electron chi connectivity index (χ2n) is 2.62. The molecule has 0 heterocycles. The zero-order chi connectivity index (χ0) is 8.69. The molecule has 0 rings (SSSR count). The van der Waals surface area contributed by atoms with Gasteiger partial charge in [-0.1, -0.05) is 13.8 Å². The lowest BCUT2D eigenvalue weighted by molar-refractivity contribution is 0.363. The molecule has 0 aromatic carbocycles. The fourth-order valence-corrected chi connectivity index (χ4v) is 0.634. The second-order valence-corrected chi connectivity index (χ2v) is 2.62. The van der Waals surface area contributed by atoms with E-state index in [1.807, 2.05) is 6.92 Å². The van der Waals surface area contributed by atoms with Gasteiger partial charge in [0.25, 0.3) is 0 Å². The Hall–Kier alpha value is -0.570. The van der Waals surface area contributed by atoms with Crippen molar-refractivity contribution in [1.82, 2.24) is 4.90 Å². The molecule has 0 aliphatic rings. The molecule has 0 radical (unpaired) electrons. The molecular weight excluding hydrogens is 138 g/mol. The topological polar surface area (TPSA) is 41.6 Å². The van der Waals surface area contributed by atoms with Crippen molar-refractivity contribution < 1.29 is 0 Å². The third-order valence-corrected chi connectivity index (χ3v) is 1.70. The van der Waals surface area contributed by atoms with Crippen LogP contribution in [0.2, 0.25) is 0 Å². The minimum absolute atomic E-state index is 0.759. The Morgan fingerprint density at radius 3 is 2.55 bits per heavy atom. The van der Waals surface area contributed by atoms with E-state index >= 15 is 0 Å². The molecular formula is C8H19N3. The summed E-state index contributed by atoms with van der Waals surface area (Å²) >= 11 is 0. The van der Waals surface area contributed by atoms with E-state index in [-0.39, 0.29) is 0 Å². The Labute approximate surface area is 69.3 Å². The largest absolute Gasteiger partial charge is 0.387 e. The number of likely N-dealkylation sites (N-methyl/N-ethyl adjacent to an activating group) is 1. The third-order valence-electron chi connectivity index (χ3n) is 1.70. The summed E-state index contributed by atoms with van der Waals surface area (Å²) in [6.07, 6.45) is 0.857. The van der Waals surface area contributed by atoms with E-state index in [1.54, 1.807) is 0 Å². The summed E-state index contributed by atoms with van der Waals surface area (Å²) in [7, 11) is 2.08. The van der Waals surface area contributed by atoms with Crippen LogP contribution < -0.4 is 5.73 Å². The number of amidine groups is 1. The van der Waals surface area contributed by atoms with E-state index in [0.717, 1.165) is 31.9 Å². The lowest BCUT2D eigenvalue weighted by atomic mass is 10.4. The summed E-state index contributed by atoms with van der Waals surface area (Å²) in [6.45, 7) is 7.04. The summed E-state index contributed by atoms with van der Waals surface area (Å²) in [6, 6.07) is 0. The first-order valence-electron chi connectivity index (χ1n) is 4.18. The van der Waals surface area contributed by atoms with Crippen molar-refractivity contribution in [3.63, 3.8) is 0 Å². The van der Waals surface area contributed by atoms with Crippen LogP contribution in [0.15, 0.2) is 4.99 Å². The molecule has 3 nitrogen and oxygen atoms in total. The van der Waals surface area contributed by atoms with Crippen LogP contribution in [-0.4, -0.2) is 37.4 Å². The number of hydrogen-bond donors (Lipinski definition) is 1. The maximum absolute atomic E-state index is 5.53. The van der Waals surface area contributed by atoms with Gasteiger partial charge in [-0.25, -0.2) is 0 Å². The molecule has 2 N–H and O–H groups in total. The summed E-state index contributed by atoms with van der Waals surface area (Å²) in [5.41, 5.74) is 5.53. The number of nitrogens with zero attached hydrogens (tertiary/aromatic N) is 2. The molecule has 66 valence electrons. The quantitative estimate of drug-likeness (QED) is 0.471. The first kappa shape index (κ1) is 10.4. The van der Waals surface area contributed by atoms with Crippen LogP contribution in [0, 0.1) is 0 Å². The van der Waals surface area contributed by atoms with Crippen molar-refractivity contribution in [2.45, 2.75) is 20.3 Å². The average molecular weight is 157 g/mol. The molecule has 0 bridgehead atoms. The molecule has 0 fully saturated rings. The van der Waals surface area contributed by atoms with Gasteiger partial charge in [-0.3, -0.25) is 4.99 Å². The SMILES string of the molecule is CCC(N)=NCCN(C)CC. The highest BCUT2D eigenvalue weighted by Gasteiger charge is 1.91. The van der Waals surface area contributed by atoms with Crippen molar-refractivity contribution >= 4 is 5.84 Å². The molecule has 0 unspecified atom stereocenters. The standard InChI is InChI=1S/C8H19N3/c1-4-8(9)10-6-7-11(3)5-2/h4-7H2,1-3H3,(H2,9,10). The first-order chi connectivity index (χ1) is 5.20. The van der Waals surface area contributed by atoms with E-state index in [9.17, 15) is 0 Å². The van der Waals surface area contributed by atoms with Crippen molar-refractivity contribution in [2.75, 3.05) is 26.7 Å². The lowest BCUT2D eigenvalue weighted by Crippen LogP contribution is -2.22. The Kier molecular flexibility index (Phi) is 5.84. The zero-order valence-corrected chi connectivity index (χ0v) is 7.80. The highest BCUT2D eigenvalue weighted by molar-refractivity contribution is 5.79. The van der Waals surface area contributed by atoms with Gasteiger partial charge in [0, 0.05) is 13.0 Å². The predicted molar refractivity (Wildman–Crippen MR) is 50.0 cm³/mol. The van der Waals surface area contributed by atoms with Crippen molar-refractivity contribution in [3.05, 3.63) is 0 Å². The van der Waals surface area contributed by atoms with Gasteiger partial charge in [-0.15, -0.1) is 0 Å². The van der Waals surface area contributed by atoms with Crippen LogP contribution in [0.5, 0.6) is 0 Å². The predicted octanol–water partition coefficient (Wildman–Crippen LogP) is 0.705. The number of hydrogen-bond acceptors (Lipinski definition) is 2. The molecule has 3 heteroatoms. The van der Waals surface area contributed by atoms with Crippen molar-refractivity contribution in [1.29, 1.82) is 0 Å². The Bertz CT molecular complexity index is 121. The maximum atomic E-state index is 5.53. The lowest BCUT2D eigenvalue weighted by Gasteiger charge is -2.11. The summed E-state index contributed by atoms with van der Waals surface area (Å²) in [5, 5.41) is 0. The second kappa shape index (κ2) is 6.16. The average Bonchev–Trinajstić information content (AvgIpc) is 2.04. The minimum Gasteiger partial charge on any atom is -0.387 e. The van der Waals surface area contributed by atoms with Crippen LogP contribution in [0.4, 0.5) is 0 Å². The summed E-state index contributed by atoms with van der Waals surface area (Å²) in [5.74, 6) is 0.759. The smallest absolute Gasteiger partial charge is 0.0934 e. The Morgan fingerprint density at radius 1 is 1.45 bits per heavy atom. The van der Waals surface area contributed by atoms with Gasteiger partial charge in [0.15, 0.2) is 0 Å². The highest BCUT2D eigenvalue weighted by atomic mass is 15.1.